The summed E-state index contributed by atoms with van der Waals surface area (Å²) in [5.74, 6) is -2.72. The van der Waals surface area contributed by atoms with E-state index in [-0.39, 0.29) is 17.3 Å². The Labute approximate surface area is 177 Å². The molecule has 3 N–H and O–H groups in total. The highest BCUT2D eigenvalue weighted by Gasteiger charge is 2.46. The van der Waals surface area contributed by atoms with Gasteiger partial charge in [-0.05, 0) is 6.07 Å². The third-order valence-electron chi connectivity index (χ3n) is 4.73. The molecule has 1 aliphatic rings. The van der Waals surface area contributed by atoms with Gasteiger partial charge >= 0.3 is 0 Å². The third-order valence-corrected chi connectivity index (χ3v) is 6.40. The van der Waals surface area contributed by atoms with Crippen molar-refractivity contribution in [3.05, 3.63) is 65.7 Å². The van der Waals surface area contributed by atoms with E-state index in [0.717, 1.165) is 0 Å². The zero-order valence-corrected chi connectivity index (χ0v) is 17.0. The number of benzene rings is 2. The number of ketones is 1. The Morgan fingerprint density at radius 2 is 1.79 bits per heavy atom. The minimum atomic E-state index is -1.11. The number of Topliss-reactive ketones (excluding diaryl/α,β-unsaturated/α-hetero) is 1. The van der Waals surface area contributed by atoms with Crippen molar-refractivity contribution in [1.82, 2.24) is 10.4 Å². The van der Waals surface area contributed by atoms with Gasteiger partial charge in [0.15, 0.2) is 5.78 Å². The van der Waals surface area contributed by atoms with E-state index in [1.54, 1.807) is 54.0 Å². The van der Waals surface area contributed by atoms with E-state index >= 15 is 0 Å². The maximum Gasteiger partial charge on any atom is 0.267 e. The number of rotatable bonds is 6. The van der Waals surface area contributed by atoms with Crippen molar-refractivity contribution in [2.24, 2.45) is 5.92 Å². The van der Waals surface area contributed by atoms with Crippen LogP contribution in [0.5, 0.6) is 5.75 Å². The average Bonchev–Trinajstić information content (AvgIpc) is 3.19. The van der Waals surface area contributed by atoms with Gasteiger partial charge in [0.05, 0.1) is 0 Å². The summed E-state index contributed by atoms with van der Waals surface area (Å²) in [4.78, 5) is 39.8. The molecule has 29 heavy (non-hydrogen) atoms. The summed E-state index contributed by atoms with van der Waals surface area (Å²) in [5, 5.41) is 18.7. The minimum Gasteiger partial charge on any atom is -0.508 e. The fourth-order valence-electron chi connectivity index (χ4n) is 3.24. The fraction of sp³-hybridized carbons (Fsp3) is 0.250. The molecule has 0 radical (unpaired) electrons. The third kappa shape index (κ3) is 4.26. The molecule has 0 aromatic heterocycles. The molecule has 3 atom stereocenters. The van der Waals surface area contributed by atoms with Crippen LogP contribution in [0.15, 0.2) is 54.6 Å². The van der Waals surface area contributed by atoms with Crippen LogP contribution in [0.3, 0.4) is 0 Å². The molecular formula is C20H20N2O5S2. The van der Waals surface area contributed by atoms with Crippen LogP contribution in [0.25, 0.3) is 0 Å². The minimum absolute atomic E-state index is 0.0235. The fourth-order valence-corrected chi connectivity index (χ4v) is 5.03. The second kappa shape index (κ2) is 9.34. The monoisotopic (exact) mass is 432 g/mol. The molecule has 0 saturated carbocycles. The molecule has 0 bridgehead atoms. The number of hydrogen-bond acceptors (Lipinski definition) is 7. The molecule has 2 aromatic rings. The van der Waals surface area contributed by atoms with Crippen molar-refractivity contribution in [3.63, 3.8) is 0 Å². The zero-order valence-electron chi connectivity index (χ0n) is 15.3. The van der Waals surface area contributed by atoms with E-state index < -0.39 is 34.9 Å². The first-order valence-electron chi connectivity index (χ1n) is 8.85. The maximum absolute atomic E-state index is 13.4. The van der Waals surface area contributed by atoms with Crippen LogP contribution in [-0.4, -0.2) is 50.4 Å². The molecule has 2 amide bonds. The van der Waals surface area contributed by atoms with Gasteiger partial charge in [-0.15, -0.1) is 11.8 Å². The molecule has 0 spiro atoms. The number of phenols is 1. The first kappa shape index (κ1) is 21.2. The van der Waals surface area contributed by atoms with Crippen LogP contribution >= 0.6 is 24.4 Å². The van der Waals surface area contributed by atoms with Crippen LogP contribution in [0, 0.1) is 5.92 Å². The number of phenolic OH excluding ortho intramolecular Hbond substituents is 1. The van der Waals surface area contributed by atoms with E-state index in [1.807, 2.05) is 0 Å². The Hall–Kier alpha value is -2.49. The number of para-hydroxylation sites is 1. The molecule has 9 heteroatoms. The molecule has 1 fully saturated rings. The van der Waals surface area contributed by atoms with Gasteiger partial charge in [0.2, 0.25) is 5.91 Å². The lowest BCUT2D eigenvalue weighted by Crippen LogP contribution is -2.50. The van der Waals surface area contributed by atoms with Crippen LogP contribution < -0.4 is 5.48 Å². The standard InChI is InChI=1S/C20H20N2O5S2/c23-16-9-5-4-8-13(16)20-22(15(11-29-20)18(25)21-27)19(26)14(10-28)17(24)12-6-2-1-3-7-12/h1-9,14-15,20,23,27-28H,10-11H2,(H,21,25)/t14-,15-,20+/m0/s1. The Morgan fingerprint density at radius 3 is 2.41 bits per heavy atom. The van der Waals surface area contributed by atoms with Gasteiger partial charge in [-0.25, -0.2) is 5.48 Å². The molecule has 1 heterocycles. The van der Waals surface area contributed by atoms with Gasteiger partial charge in [0.25, 0.3) is 5.91 Å². The molecule has 2 aromatic carbocycles. The molecule has 1 aliphatic heterocycles. The summed E-state index contributed by atoms with van der Waals surface area (Å²) in [6, 6.07) is 13.9. The van der Waals surface area contributed by atoms with E-state index in [1.165, 1.54) is 22.7 Å². The highest BCUT2D eigenvalue weighted by Crippen LogP contribution is 2.45. The number of amides is 2. The number of nitrogens with one attached hydrogen (secondary N) is 1. The van der Waals surface area contributed by atoms with Crippen LogP contribution in [-0.2, 0) is 9.59 Å². The van der Waals surface area contributed by atoms with Crippen LogP contribution in [0.1, 0.15) is 21.3 Å². The summed E-state index contributed by atoms with van der Waals surface area (Å²) in [7, 11) is 0. The molecule has 0 unspecified atom stereocenters. The topological polar surface area (TPSA) is 107 Å². The van der Waals surface area contributed by atoms with Gasteiger partial charge in [-0.2, -0.15) is 12.6 Å². The number of aromatic hydroxyl groups is 1. The van der Waals surface area contributed by atoms with Gasteiger partial charge < -0.3 is 10.0 Å². The summed E-state index contributed by atoms with van der Waals surface area (Å²) in [6.45, 7) is 0. The van der Waals surface area contributed by atoms with Crippen molar-refractivity contribution < 1.29 is 24.7 Å². The van der Waals surface area contributed by atoms with Gasteiger partial charge in [-0.1, -0.05) is 48.5 Å². The maximum atomic E-state index is 13.4. The number of hydroxylamine groups is 1. The Balaban J connectivity index is 1.98. The number of carbonyl (C=O) groups is 3. The van der Waals surface area contributed by atoms with Gasteiger partial charge in [0.1, 0.15) is 23.1 Å². The van der Waals surface area contributed by atoms with Crippen LogP contribution in [0.4, 0.5) is 0 Å². The lowest BCUT2D eigenvalue weighted by molar-refractivity contribution is -0.144. The highest BCUT2D eigenvalue weighted by molar-refractivity contribution is 7.99. The lowest BCUT2D eigenvalue weighted by Gasteiger charge is -2.31. The predicted octanol–water partition coefficient (Wildman–Crippen LogP) is 2.27. The number of carbonyl (C=O) groups excluding carboxylic acids is 3. The predicted molar refractivity (Wildman–Crippen MR) is 112 cm³/mol. The Morgan fingerprint density at radius 1 is 1.14 bits per heavy atom. The van der Waals surface area contributed by atoms with Gasteiger partial charge in [0, 0.05) is 22.6 Å². The first-order valence-corrected chi connectivity index (χ1v) is 10.5. The second-order valence-corrected chi connectivity index (χ2v) is 7.93. The SMILES string of the molecule is O=C(c1ccccc1)[C@H](CS)C(=O)N1[C@@H](c2ccccc2O)SC[C@H]1C(=O)NO. The van der Waals surface area contributed by atoms with Crippen molar-refractivity contribution >= 4 is 42.0 Å². The average molecular weight is 433 g/mol. The van der Waals surface area contributed by atoms with E-state index in [2.05, 4.69) is 12.6 Å². The lowest BCUT2D eigenvalue weighted by atomic mass is 9.96. The molecular weight excluding hydrogens is 412 g/mol. The van der Waals surface area contributed by atoms with E-state index in [4.69, 9.17) is 5.21 Å². The normalized spacial score (nSPS) is 19.6. The molecule has 3 rings (SSSR count). The molecule has 0 aliphatic carbocycles. The van der Waals surface area contributed by atoms with E-state index in [9.17, 15) is 19.5 Å². The van der Waals surface area contributed by atoms with Crippen molar-refractivity contribution in [3.8, 4) is 5.75 Å². The summed E-state index contributed by atoms with van der Waals surface area (Å²) >= 11 is 5.47. The van der Waals surface area contributed by atoms with E-state index in [0.29, 0.717) is 11.1 Å². The molecule has 1 saturated heterocycles. The van der Waals surface area contributed by atoms with Crippen LogP contribution in [0.2, 0.25) is 0 Å². The largest absolute Gasteiger partial charge is 0.508 e. The Bertz CT molecular complexity index is 909. The van der Waals surface area contributed by atoms with Crippen molar-refractivity contribution in [1.29, 1.82) is 0 Å². The highest BCUT2D eigenvalue weighted by atomic mass is 32.2. The Kier molecular flexibility index (Phi) is 6.83. The quantitative estimate of drug-likeness (QED) is 0.183. The number of thiol groups is 1. The zero-order chi connectivity index (χ0) is 21.0. The summed E-state index contributed by atoms with van der Waals surface area (Å²) < 4.78 is 0. The number of hydrogen-bond donors (Lipinski definition) is 4. The van der Waals surface area contributed by atoms with Crippen molar-refractivity contribution in [2.75, 3.05) is 11.5 Å². The second-order valence-electron chi connectivity index (χ2n) is 6.45. The summed E-state index contributed by atoms with van der Waals surface area (Å²) in [5.41, 5.74) is 2.40. The van der Waals surface area contributed by atoms with Gasteiger partial charge in [-0.3, -0.25) is 19.6 Å². The number of nitrogens with zero attached hydrogens (tertiary/aromatic N) is 1. The molecule has 152 valence electrons. The summed E-state index contributed by atoms with van der Waals surface area (Å²) in [6.07, 6.45) is 0. The number of thioether (sulfide) groups is 1. The smallest absolute Gasteiger partial charge is 0.267 e. The first-order chi connectivity index (χ1) is 14.0. The molecule has 7 nitrogen and oxygen atoms in total. The van der Waals surface area contributed by atoms with Crippen molar-refractivity contribution in [2.45, 2.75) is 11.4 Å².